The van der Waals surface area contributed by atoms with Gasteiger partial charge in [0, 0.05) is 11.1 Å². The van der Waals surface area contributed by atoms with E-state index in [1.54, 1.807) is 27.0 Å². The van der Waals surface area contributed by atoms with Crippen molar-refractivity contribution in [1.29, 1.82) is 0 Å². The molecule has 1 unspecified atom stereocenters. The lowest BCUT2D eigenvalue weighted by Crippen LogP contribution is -2.20. The predicted molar refractivity (Wildman–Crippen MR) is 65.4 cm³/mol. The van der Waals surface area contributed by atoms with Crippen molar-refractivity contribution in [2.75, 3.05) is 7.05 Å². The summed E-state index contributed by atoms with van der Waals surface area (Å²) in [4.78, 5) is 0. The van der Waals surface area contributed by atoms with Crippen LogP contribution in [0, 0.1) is 25.5 Å². The first-order valence-electron chi connectivity index (χ1n) is 5.72. The summed E-state index contributed by atoms with van der Waals surface area (Å²) in [6.45, 7) is 3.59. The molecule has 2 rings (SSSR count). The van der Waals surface area contributed by atoms with Gasteiger partial charge in [-0.05, 0) is 39.1 Å². The molecule has 0 aliphatic rings. The lowest BCUT2D eigenvalue weighted by atomic mass is 9.98. The van der Waals surface area contributed by atoms with Gasteiger partial charge in [-0.25, -0.2) is 8.78 Å². The first-order chi connectivity index (χ1) is 8.54. The zero-order chi connectivity index (χ0) is 13.3. The summed E-state index contributed by atoms with van der Waals surface area (Å²) in [5, 5.41) is 2.93. The molecule has 0 bridgehead atoms. The molecule has 18 heavy (non-hydrogen) atoms. The maximum atomic E-state index is 13.8. The van der Waals surface area contributed by atoms with E-state index in [1.165, 1.54) is 18.2 Å². The summed E-state index contributed by atoms with van der Waals surface area (Å²) >= 11 is 0. The molecule has 1 N–H and O–H groups in total. The molecule has 1 heterocycles. The molecule has 0 amide bonds. The van der Waals surface area contributed by atoms with E-state index < -0.39 is 17.7 Å². The van der Waals surface area contributed by atoms with Gasteiger partial charge in [0.2, 0.25) is 0 Å². The first-order valence-corrected chi connectivity index (χ1v) is 5.72. The average Bonchev–Trinajstić information content (AvgIpc) is 2.63. The zero-order valence-electron chi connectivity index (χ0n) is 10.6. The molecule has 1 atom stereocenters. The molecule has 96 valence electrons. The van der Waals surface area contributed by atoms with Gasteiger partial charge in [-0.15, -0.1) is 0 Å². The number of nitrogens with one attached hydrogen (secondary N) is 1. The normalized spacial score (nSPS) is 12.7. The average molecular weight is 251 g/mol. The quantitative estimate of drug-likeness (QED) is 0.903. The number of halogens is 2. The van der Waals surface area contributed by atoms with Gasteiger partial charge in [0.25, 0.3) is 0 Å². The predicted octanol–water partition coefficient (Wildman–Crippen LogP) is 3.48. The van der Waals surface area contributed by atoms with Gasteiger partial charge >= 0.3 is 0 Å². The van der Waals surface area contributed by atoms with E-state index >= 15 is 0 Å². The molecular weight excluding hydrogens is 236 g/mol. The van der Waals surface area contributed by atoms with Crippen molar-refractivity contribution < 1.29 is 13.2 Å². The molecule has 0 fully saturated rings. The minimum Gasteiger partial charge on any atom is -0.466 e. The SMILES string of the molecule is CNC(c1cc(C)oc1C)c1c(F)cccc1F. The van der Waals surface area contributed by atoms with Gasteiger partial charge in [0.05, 0.1) is 6.04 Å². The standard InChI is InChI=1S/C14H15F2NO/c1-8-7-10(9(2)18-8)14(17-3)13-11(15)5-4-6-12(13)16/h4-7,14,17H,1-3H3. The number of hydrogen-bond acceptors (Lipinski definition) is 2. The summed E-state index contributed by atoms with van der Waals surface area (Å²) in [5.74, 6) is 0.259. The fraction of sp³-hybridized carbons (Fsp3) is 0.286. The van der Waals surface area contributed by atoms with Gasteiger partial charge < -0.3 is 9.73 Å². The Hall–Kier alpha value is -1.68. The van der Waals surface area contributed by atoms with E-state index in [9.17, 15) is 8.78 Å². The molecule has 0 saturated heterocycles. The molecule has 0 spiro atoms. The lowest BCUT2D eigenvalue weighted by molar-refractivity contribution is 0.488. The number of aryl methyl sites for hydroxylation is 2. The smallest absolute Gasteiger partial charge is 0.131 e. The van der Waals surface area contributed by atoms with Crippen molar-refractivity contribution in [2.24, 2.45) is 0 Å². The molecule has 0 aliphatic carbocycles. The number of furan rings is 1. The summed E-state index contributed by atoms with van der Waals surface area (Å²) in [7, 11) is 1.66. The Kier molecular flexibility index (Phi) is 3.48. The van der Waals surface area contributed by atoms with Crippen LogP contribution in [0.3, 0.4) is 0 Å². The second kappa shape index (κ2) is 4.90. The topological polar surface area (TPSA) is 25.2 Å². The Morgan fingerprint density at radius 1 is 1.17 bits per heavy atom. The van der Waals surface area contributed by atoms with E-state index in [0.29, 0.717) is 5.76 Å². The van der Waals surface area contributed by atoms with Crippen LogP contribution in [-0.4, -0.2) is 7.05 Å². The molecule has 2 aromatic rings. The van der Waals surface area contributed by atoms with Crippen LogP contribution in [0.15, 0.2) is 28.7 Å². The highest BCUT2D eigenvalue weighted by Gasteiger charge is 2.23. The van der Waals surface area contributed by atoms with E-state index in [4.69, 9.17) is 4.42 Å². The lowest BCUT2D eigenvalue weighted by Gasteiger charge is -2.17. The van der Waals surface area contributed by atoms with E-state index in [2.05, 4.69) is 5.32 Å². The van der Waals surface area contributed by atoms with Crippen LogP contribution < -0.4 is 5.32 Å². The molecule has 0 saturated carbocycles. The molecule has 1 aromatic heterocycles. The van der Waals surface area contributed by atoms with E-state index in [-0.39, 0.29) is 5.56 Å². The highest BCUT2D eigenvalue weighted by molar-refractivity contribution is 5.36. The largest absolute Gasteiger partial charge is 0.466 e. The van der Waals surface area contributed by atoms with Crippen molar-refractivity contribution in [3.8, 4) is 0 Å². The summed E-state index contributed by atoms with van der Waals surface area (Å²) in [6.07, 6.45) is 0. The highest BCUT2D eigenvalue weighted by Crippen LogP contribution is 2.30. The van der Waals surface area contributed by atoms with E-state index in [1.807, 2.05) is 0 Å². The van der Waals surface area contributed by atoms with Gasteiger partial charge in [-0.2, -0.15) is 0 Å². The number of rotatable bonds is 3. The Morgan fingerprint density at radius 2 is 1.78 bits per heavy atom. The van der Waals surface area contributed by atoms with Crippen molar-refractivity contribution in [2.45, 2.75) is 19.9 Å². The van der Waals surface area contributed by atoms with Gasteiger partial charge in [0.15, 0.2) is 0 Å². The van der Waals surface area contributed by atoms with Crippen LogP contribution >= 0.6 is 0 Å². The van der Waals surface area contributed by atoms with Gasteiger partial charge in [-0.3, -0.25) is 0 Å². The Morgan fingerprint density at radius 3 is 2.22 bits per heavy atom. The second-order valence-corrected chi connectivity index (χ2v) is 4.23. The fourth-order valence-corrected chi connectivity index (χ4v) is 2.18. The Labute approximate surface area is 105 Å². The molecule has 4 heteroatoms. The fourth-order valence-electron chi connectivity index (χ4n) is 2.18. The van der Waals surface area contributed by atoms with Gasteiger partial charge in [-0.1, -0.05) is 6.07 Å². The third-order valence-corrected chi connectivity index (χ3v) is 2.97. The van der Waals surface area contributed by atoms with Crippen molar-refractivity contribution >= 4 is 0 Å². The first kappa shape index (κ1) is 12.8. The van der Waals surface area contributed by atoms with Crippen LogP contribution in [0.5, 0.6) is 0 Å². The highest BCUT2D eigenvalue weighted by atomic mass is 19.1. The van der Waals surface area contributed by atoms with Crippen LogP contribution in [0.2, 0.25) is 0 Å². The molecular formula is C14H15F2NO. The third kappa shape index (κ3) is 2.16. The maximum absolute atomic E-state index is 13.8. The molecule has 0 aliphatic heterocycles. The minimum atomic E-state index is -0.562. The van der Waals surface area contributed by atoms with Crippen LogP contribution in [0.25, 0.3) is 0 Å². The minimum absolute atomic E-state index is 0.0175. The summed E-state index contributed by atoms with van der Waals surface area (Å²) < 4.78 is 33.0. The van der Waals surface area contributed by atoms with Crippen molar-refractivity contribution in [1.82, 2.24) is 5.32 Å². The zero-order valence-corrected chi connectivity index (χ0v) is 10.6. The summed E-state index contributed by atoms with van der Waals surface area (Å²) in [5.41, 5.74) is 0.767. The maximum Gasteiger partial charge on any atom is 0.131 e. The molecule has 1 aromatic carbocycles. The van der Waals surface area contributed by atoms with Crippen LogP contribution in [0.1, 0.15) is 28.7 Å². The Balaban J connectivity index is 2.55. The van der Waals surface area contributed by atoms with Crippen molar-refractivity contribution in [3.05, 3.63) is 58.5 Å². The molecule has 2 nitrogen and oxygen atoms in total. The van der Waals surface area contributed by atoms with Crippen LogP contribution in [-0.2, 0) is 0 Å². The molecule has 0 radical (unpaired) electrons. The Bertz CT molecular complexity index is 543. The van der Waals surface area contributed by atoms with Gasteiger partial charge in [0.1, 0.15) is 23.2 Å². The number of benzene rings is 1. The second-order valence-electron chi connectivity index (χ2n) is 4.23. The number of hydrogen-bond donors (Lipinski definition) is 1. The van der Waals surface area contributed by atoms with Crippen molar-refractivity contribution in [3.63, 3.8) is 0 Å². The van der Waals surface area contributed by atoms with E-state index in [0.717, 1.165) is 11.3 Å². The monoisotopic (exact) mass is 251 g/mol. The van der Waals surface area contributed by atoms with Crippen LogP contribution in [0.4, 0.5) is 8.78 Å². The third-order valence-electron chi connectivity index (χ3n) is 2.97. The summed E-state index contributed by atoms with van der Waals surface area (Å²) in [6, 6.07) is 5.11.